The normalized spacial score (nSPS) is 17.9. The molecule has 0 spiro atoms. The molecule has 0 atom stereocenters. The maximum absolute atomic E-state index is 12.6. The molecular weight excluding hydrogens is 350 g/mol. The lowest BCUT2D eigenvalue weighted by Gasteiger charge is -2.34. The summed E-state index contributed by atoms with van der Waals surface area (Å²) in [5.74, 6) is 0.641. The van der Waals surface area contributed by atoms with E-state index >= 15 is 0 Å². The van der Waals surface area contributed by atoms with E-state index in [1.165, 1.54) is 6.26 Å². The van der Waals surface area contributed by atoms with Crippen molar-refractivity contribution in [2.45, 2.75) is 0 Å². The molecule has 2 fully saturated rings. The summed E-state index contributed by atoms with van der Waals surface area (Å²) in [6.45, 7) is 4.54. The molecule has 0 N–H and O–H groups in total. The summed E-state index contributed by atoms with van der Waals surface area (Å²) in [5.41, 5.74) is 0.385. The molecule has 4 rings (SSSR count). The maximum atomic E-state index is 12.6. The Kier molecular flexibility index (Phi) is 5.01. The molecule has 0 saturated carbocycles. The Morgan fingerprint density at radius 1 is 0.926 bits per heavy atom. The van der Waals surface area contributed by atoms with E-state index in [-0.39, 0.29) is 11.8 Å². The van der Waals surface area contributed by atoms with Gasteiger partial charge in [0.2, 0.25) is 5.95 Å². The van der Waals surface area contributed by atoms with Crippen molar-refractivity contribution in [2.24, 2.45) is 0 Å². The van der Waals surface area contributed by atoms with Gasteiger partial charge in [0, 0.05) is 45.5 Å². The summed E-state index contributed by atoms with van der Waals surface area (Å²) in [7, 11) is 0. The van der Waals surface area contributed by atoms with Gasteiger partial charge in [-0.3, -0.25) is 9.59 Å². The van der Waals surface area contributed by atoms with E-state index in [0.717, 1.165) is 0 Å². The number of morpholine rings is 1. The first-order chi connectivity index (χ1) is 13.2. The molecule has 0 radical (unpaired) electrons. The zero-order chi connectivity index (χ0) is 18.6. The fraction of sp³-hybridized carbons (Fsp3) is 0.444. The molecule has 2 saturated heterocycles. The average Bonchev–Trinajstić information content (AvgIpc) is 3.28. The maximum Gasteiger partial charge on any atom is 0.289 e. The summed E-state index contributed by atoms with van der Waals surface area (Å²) < 4.78 is 10.5. The van der Waals surface area contributed by atoms with Crippen molar-refractivity contribution in [1.29, 1.82) is 0 Å². The predicted molar refractivity (Wildman–Crippen MR) is 95.6 cm³/mol. The lowest BCUT2D eigenvalue weighted by Crippen LogP contribution is -2.49. The van der Waals surface area contributed by atoms with Gasteiger partial charge in [-0.05, 0) is 18.2 Å². The van der Waals surface area contributed by atoms with E-state index in [0.29, 0.717) is 69.9 Å². The molecule has 2 aromatic heterocycles. The van der Waals surface area contributed by atoms with Crippen LogP contribution in [0.15, 0.2) is 35.1 Å². The second-order valence-corrected chi connectivity index (χ2v) is 6.40. The highest BCUT2D eigenvalue weighted by atomic mass is 16.5. The van der Waals surface area contributed by atoms with Crippen molar-refractivity contribution >= 4 is 17.8 Å². The Morgan fingerprint density at radius 2 is 1.67 bits per heavy atom. The van der Waals surface area contributed by atoms with E-state index in [4.69, 9.17) is 9.15 Å². The van der Waals surface area contributed by atoms with E-state index in [1.54, 1.807) is 34.2 Å². The molecule has 2 amide bonds. The van der Waals surface area contributed by atoms with Crippen LogP contribution in [0, 0.1) is 0 Å². The van der Waals surface area contributed by atoms with Gasteiger partial charge in [0.1, 0.15) is 5.69 Å². The van der Waals surface area contributed by atoms with Crippen molar-refractivity contribution in [2.75, 3.05) is 57.4 Å². The van der Waals surface area contributed by atoms with Crippen molar-refractivity contribution in [3.63, 3.8) is 0 Å². The third kappa shape index (κ3) is 3.77. The first kappa shape index (κ1) is 17.5. The van der Waals surface area contributed by atoms with Gasteiger partial charge in [-0.1, -0.05) is 0 Å². The Morgan fingerprint density at radius 3 is 2.37 bits per heavy atom. The molecule has 27 heavy (non-hydrogen) atoms. The molecular formula is C18H21N5O4. The molecule has 0 unspecified atom stereocenters. The Balaban J connectivity index is 1.40. The van der Waals surface area contributed by atoms with Crippen LogP contribution >= 0.6 is 0 Å². The largest absolute Gasteiger partial charge is 0.459 e. The monoisotopic (exact) mass is 371 g/mol. The molecule has 9 nitrogen and oxygen atoms in total. The number of piperazine rings is 1. The van der Waals surface area contributed by atoms with Crippen LogP contribution < -0.4 is 4.90 Å². The standard InChI is InChI=1S/C18H21N5O4/c24-16(22-9-12-26-13-10-22)14-3-4-19-18(20-14)23-7-5-21(6-8-23)17(25)15-2-1-11-27-15/h1-4,11H,5-10,12-13H2. The molecule has 0 aliphatic carbocycles. The highest BCUT2D eigenvalue weighted by Gasteiger charge is 2.26. The summed E-state index contributed by atoms with van der Waals surface area (Å²) >= 11 is 0. The molecule has 142 valence electrons. The minimum atomic E-state index is -0.114. The van der Waals surface area contributed by atoms with Crippen LogP contribution in [0.5, 0.6) is 0 Å². The zero-order valence-electron chi connectivity index (χ0n) is 14.9. The Hall–Kier alpha value is -2.94. The van der Waals surface area contributed by atoms with E-state index in [9.17, 15) is 9.59 Å². The third-order valence-corrected chi connectivity index (χ3v) is 4.74. The topological polar surface area (TPSA) is 92.0 Å². The molecule has 0 bridgehead atoms. The third-order valence-electron chi connectivity index (χ3n) is 4.74. The van der Waals surface area contributed by atoms with Gasteiger partial charge in [0.15, 0.2) is 5.76 Å². The lowest BCUT2D eigenvalue weighted by molar-refractivity contribution is 0.0299. The number of furan rings is 1. The van der Waals surface area contributed by atoms with Gasteiger partial charge >= 0.3 is 0 Å². The summed E-state index contributed by atoms with van der Waals surface area (Å²) in [6.07, 6.45) is 3.10. The number of hydrogen-bond donors (Lipinski definition) is 0. The minimum Gasteiger partial charge on any atom is -0.459 e. The number of rotatable bonds is 3. The van der Waals surface area contributed by atoms with Crippen molar-refractivity contribution in [1.82, 2.24) is 19.8 Å². The first-order valence-electron chi connectivity index (χ1n) is 9.00. The first-order valence-corrected chi connectivity index (χ1v) is 9.00. The Bertz CT molecular complexity index is 796. The van der Waals surface area contributed by atoms with Crippen LogP contribution in [-0.4, -0.2) is 84.1 Å². The lowest BCUT2D eigenvalue weighted by atomic mass is 10.3. The van der Waals surface area contributed by atoms with E-state index < -0.39 is 0 Å². The van der Waals surface area contributed by atoms with Crippen LogP contribution in [0.1, 0.15) is 21.0 Å². The van der Waals surface area contributed by atoms with Gasteiger partial charge in [-0.2, -0.15) is 0 Å². The SMILES string of the molecule is O=C(c1ccnc(N2CCN(C(=O)c3ccco3)CC2)n1)N1CCOCC1. The number of carbonyl (C=O) groups is 2. The fourth-order valence-corrected chi connectivity index (χ4v) is 3.21. The molecule has 2 aliphatic heterocycles. The quantitative estimate of drug-likeness (QED) is 0.776. The van der Waals surface area contributed by atoms with Gasteiger partial charge in [-0.25, -0.2) is 9.97 Å². The van der Waals surface area contributed by atoms with Gasteiger partial charge < -0.3 is 23.9 Å². The van der Waals surface area contributed by atoms with Gasteiger partial charge in [0.05, 0.1) is 19.5 Å². The van der Waals surface area contributed by atoms with Crippen LogP contribution in [-0.2, 0) is 4.74 Å². The number of amides is 2. The predicted octanol–water partition coefficient (Wildman–Crippen LogP) is 0.504. The Labute approximate surface area is 156 Å². The molecule has 9 heteroatoms. The van der Waals surface area contributed by atoms with Gasteiger partial charge in [0.25, 0.3) is 11.8 Å². The van der Waals surface area contributed by atoms with Crippen LogP contribution in [0.2, 0.25) is 0 Å². The summed E-state index contributed by atoms with van der Waals surface area (Å²) in [4.78, 5) is 39.2. The van der Waals surface area contributed by atoms with Crippen LogP contribution in [0.4, 0.5) is 5.95 Å². The second kappa shape index (κ2) is 7.75. The van der Waals surface area contributed by atoms with Crippen LogP contribution in [0.25, 0.3) is 0 Å². The number of aromatic nitrogens is 2. The van der Waals surface area contributed by atoms with E-state index in [1.807, 2.05) is 4.90 Å². The summed E-state index contributed by atoms with van der Waals surface area (Å²) in [5, 5.41) is 0. The van der Waals surface area contributed by atoms with Crippen molar-refractivity contribution < 1.29 is 18.7 Å². The molecule has 0 aromatic carbocycles. The number of anilines is 1. The van der Waals surface area contributed by atoms with E-state index in [2.05, 4.69) is 9.97 Å². The molecule has 2 aromatic rings. The second-order valence-electron chi connectivity index (χ2n) is 6.40. The summed E-state index contributed by atoms with van der Waals surface area (Å²) in [6, 6.07) is 5.00. The molecule has 2 aliphatic rings. The zero-order valence-corrected chi connectivity index (χ0v) is 14.9. The smallest absolute Gasteiger partial charge is 0.289 e. The average molecular weight is 371 g/mol. The van der Waals surface area contributed by atoms with Crippen molar-refractivity contribution in [3.8, 4) is 0 Å². The highest BCUT2D eigenvalue weighted by molar-refractivity contribution is 5.92. The van der Waals surface area contributed by atoms with Crippen molar-refractivity contribution in [3.05, 3.63) is 42.1 Å². The number of carbonyl (C=O) groups excluding carboxylic acids is 2. The number of nitrogens with zero attached hydrogens (tertiary/aromatic N) is 5. The number of ether oxygens (including phenoxy) is 1. The molecule has 4 heterocycles. The fourth-order valence-electron chi connectivity index (χ4n) is 3.21. The minimum absolute atomic E-state index is 0.103. The highest BCUT2D eigenvalue weighted by Crippen LogP contribution is 2.15. The number of hydrogen-bond acceptors (Lipinski definition) is 7. The van der Waals surface area contributed by atoms with Crippen LogP contribution in [0.3, 0.4) is 0 Å². The van der Waals surface area contributed by atoms with Gasteiger partial charge in [-0.15, -0.1) is 0 Å².